The molecule has 2 fully saturated rings. The lowest BCUT2D eigenvalue weighted by Crippen LogP contribution is -2.43. The average Bonchev–Trinajstić information content (AvgIpc) is 3.04. The topological polar surface area (TPSA) is 66.8 Å². The molecule has 1 heterocycles. The number of hydrogen-bond acceptors (Lipinski definition) is 3. The van der Waals surface area contributed by atoms with E-state index >= 15 is 0 Å². The minimum atomic E-state index is -0.819. The number of rotatable bonds is 8. The summed E-state index contributed by atoms with van der Waals surface area (Å²) in [6.45, 7) is 1.97. The zero-order valence-corrected chi connectivity index (χ0v) is 14.7. The second-order valence-electron chi connectivity index (χ2n) is 7.33. The Morgan fingerprint density at radius 3 is 2.64 bits per heavy atom. The molecule has 1 N–H and O–H groups in total. The fourth-order valence-corrected chi connectivity index (χ4v) is 3.73. The maximum absolute atomic E-state index is 12.4. The second kappa shape index (κ2) is 8.00. The van der Waals surface area contributed by atoms with E-state index in [-0.39, 0.29) is 18.4 Å². The maximum atomic E-state index is 12.4. The zero-order valence-electron chi connectivity index (χ0n) is 14.7. The van der Waals surface area contributed by atoms with E-state index in [1.807, 2.05) is 18.2 Å². The molecule has 5 nitrogen and oxygen atoms in total. The first-order chi connectivity index (χ1) is 12.1. The minimum Gasteiger partial charge on any atom is -0.481 e. The lowest BCUT2D eigenvalue weighted by Gasteiger charge is -2.38. The van der Waals surface area contributed by atoms with Gasteiger partial charge in [-0.15, -0.1) is 0 Å². The quantitative estimate of drug-likeness (QED) is 0.736. The predicted octanol–water partition coefficient (Wildman–Crippen LogP) is 2.88. The van der Waals surface area contributed by atoms with Gasteiger partial charge in [-0.25, -0.2) is 0 Å². The van der Waals surface area contributed by atoms with E-state index in [1.54, 1.807) is 4.90 Å². The fraction of sp³-hybridized carbons (Fsp3) is 0.600. The number of likely N-dealkylation sites (tertiary alicyclic amines) is 1. The Bertz CT molecular complexity index is 597. The van der Waals surface area contributed by atoms with Crippen LogP contribution < -0.4 is 0 Å². The Morgan fingerprint density at radius 1 is 1.24 bits per heavy atom. The molecule has 25 heavy (non-hydrogen) atoms. The number of aliphatic carboxylic acids is 1. The summed E-state index contributed by atoms with van der Waals surface area (Å²) in [5.41, 5.74) is 0.514. The van der Waals surface area contributed by atoms with Gasteiger partial charge in [0, 0.05) is 26.1 Å². The Balaban J connectivity index is 1.37. The largest absolute Gasteiger partial charge is 0.481 e. The number of carboxylic acid groups (broad SMARTS) is 1. The molecule has 1 aromatic rings. The maximum Gasteiger partial charge on any atom is 0.310 e. The highest BCUT2D eigenvalue weighted by Gasteiger charge is 2.47. The second-order valence-corrected chi connectivity index (χ2v) is 7.33. The monoisotopic (exact) mass is 345 g/mol. The van der Waals surface area contributed by atoms with Gasteiger partial charge in [0.2, 0.25) is 5.91 Å². The lowest BCUT2D eigenvalue weighted by molar-refractivity contribution is -0.159. The molecule has 1 aliphatic heterocycles. The molecule has 0 spiro atoms. The molecule has 1 unspecified atom stereocenters. The van der Waals surface area contributed by atoms with Crippen LogP contribution in [0.1, 0.15) is 44.1 Å². The van der Waals surface area contributed by atoms with Crippen molar-refractivity contribution in [1.82, 2.24) is 4.90 Å². The summed E-state index contributed by atoms with van der Waals surface area (Å²) in [5.74, 6) is -0.850. The van der Waals surface area contributed by atoms with Crippen LogP contribution in [0.15, 0.2) is 30.3 Å². The van der Waals surface area contributed by atoms with Gasteiger partial charge < -0.3 is 14.7 Å². The number of carbonyl (C=O) groups is 2. The van der Waals surface area contributed by atoms with Crippen LogP contribution in [0, 0.1) is 5.41 Å². The minimum absolute atomic E-state index is 0.0301. The molecule has 1 saturated heterocycles. The molecule has 0 bridgehead atoms. The summed E-state index contributed by atoms with van der Waals surface area (Å²) in [5, 5.41) is 9.37. The number of amides is 1. The van der Waals surface area contributed by atoms with Gasteiger partial charge in [-0.1, -0.05) is 36.8 Å². The van der Waals surface area contributed by atoms with Crippen molar-refractivity contribution in [2.75, 3.05) is 19.7 Å². The Morgan fingerprint density at radius 2 is 2.00 bits per heavy atom. The molecule has 1 amide bonds. The molecular weight excluding hydrogens is 318 g/mol. The number of nitrogens with zero attached hydrogens (tertiary/aromatic N) is 1. The van der Waals surface area contributed by atoms with E-state index in [2.05, 4.69) is 12.1 Å². The van der Waals surface area contributed by atoms with Crippen molar-refractivity contribution in [3.63, 3.8) is 0 Å². The number of ether oxygens (including phenoxy) is 1. The number of carboxylic acids is 1. The van der Waals surface area contributed by atoms with Gasteiger partial charge in [0.25, 0.3) is 0 Å². The predicted molar refractivity (Wildman–Crippen MR) is 94.2 cm³/mol. The van der Waals surface area contributed by atoms with Gasteiger partial charge in [-0.05, 0) is 37.7 Å². The van der Waals surface area contributed by atoms with Gasteiger partial charge in [-0.2, -0.15) is 0 Å². The van der Waals surface area contributed by atoms with Crippen LogP contribution in [0.5, 0.6) is 0 Å². The Hall–Kier alpha value is -1.88. The van der Waals surface area contributed by atoms with Crippen molar-refractivity contribution in [2.24, 2.45) is 5.41 Å². The summed E-state index contributed by atoms with van der Waals surface area (Å²) in [6.07, 6.45) is 5.20. The molecule has 1 saturated carbocycles. The van der Waals surface area contributed by atoms with Crippen LogP contribution in [0.4, 0.5) is 0 Å². The van der Waals surface area contributed by atoms with Crippen LogP contribution in [-0.2, 0) is 20.7 Å². The molecule has 0 radical (unpaired) electrons. The summed E-state index contributed by atoms with van der Waals surface area (Å²) >= 11 is 0. The SMILES string of the molecule is O=C(CC1(C(=O)O)CCC1)N1CCC(OCCCc2ccccc2)C1. The third-order valence-electron chi connectivity index (χ3n) is 5.56. The third-order valence-corrected chi connectivity index (χ3v) is 5.56. The Labute approximate surface area is 149 Å². The van der Waals surface area contributed by atoms with Crippen LogP contribution in [0.2, 0.25) is 0 Å². The first-order valence-corrected chi connectivity index (χ1v) is 9.26. The third kappa shape index (κ3) is 4.40. The van der Waals surface area contributed by atoms with Crippen LogP contribution in [0.3, 0.4) is 0 Å². The van der Waals surface area contributed by atoms with Crippen molar-refractivity contribution in [3.8, 4) is 0 Å². The molecule has 1 aliphatic carbocycles. The molecule has 2 aliphatic rings. The number of hydrogen-bond donors (Lipinski definition) is 1. The van der Waals surface area contributed by atoms with E-state index < -0.39 is 11.4 Å². The lowest BCUT2D eigenvalue weighted by atomic mass is 9.66. The molecule has 5 heteroatoms. The number of benzene rings is 1. The van der Waals surface area contributed by atoms with E-state index in [1.165, 1.54) is 5.56 Å². The van der Waals surface area contributed by atoms with Crippen molar-refractivity contribution in [1.29, 1.82) is 0 Å². The Kier molecular flexibility index (Phi) is 5.74. The summed E-state index contributed by atoms with van der Waals surface area (Å²) in [7, 11) is 0. The summed E-state index contributed by atoms with van der Waals surface area (Å²) < 4.78 is 5.91. The first kappa shape index (κ1) is 17.9. The van der Waals surface area contributed by atoms with Gasteiger partial charge in [-0.3, -0.25) is 9.59 Å². The molecular formula is C20H27NO4. The van der Waals surface area contributed by atoms with Crippen LogP contribution in [0.25, 0.3) is 0 Å². The van der Waals surface area contributed by atoms with Crippen LogP contribution >= 0.6 is 0 Å². The van der Waals surface area contributed by atoms with E-state index in [0.717, 1.165) is 25.7 Å². The van der Waals surface area contributed by atoms with E-state index in [9.17, 15) is 14.7 Å². The van der Waals surface area contributed by atoms with Crippen molar-refractivity contribution in [3.05, 3.63) is 35.9 Å². The summed E-state index contributed by atoms with van der Waals surface area (Å²) in [4.78, 5) is 25.6. The summed E-state index contributed by atoms with van der Waals surface area (Å²) in [6, 6.07) is 10.3. The number of aryl methyl sites for hydroxylation is 1. The van der Waals surface area contributed by atoms with Gasteiger partial charge in [0.05, 0.1) is 11.5 Å². The molecule has 1 atom stereocenters. The number of carbonyl (C=O) groups excluding carboxylic acids is 1. The normalized spacial score (nSPS) is 21.8. The van der Waals surface area contributed by atoms with Crippen molar-refractivity contribution >= 4 is 11.9 Å². The van der Waals surface area contributed by atoms with Crippen LogP contribution in [-0.4, -0.2) is 47.7 Å². The fourth-order valence-electron chi connectivity index (χ4n) is 3.73. The molecule has 3 rings (SSSR count). The van der Waals surface area contributed by atoms with Gasteiger partial charge in [0.15, 0.2) is 0 Å². The van der Waals surface area contributed by atoms with Gasteiger partial charge >= 0.3 is 5.97 Å². The van der Waals surface area contributed by atoms with E-state index in [0.29, 0.717) is 32.5 Å². The van der Waals surface area contributed by atoms with Crippen molar-refractivity contribution < 1.29 is 19.4 Å². The smallest absolute Gasteiger partial charge is 0.310 e. The highest BCUT2D eigenvalue weighted by Crippen LogP contribution is 2.44. The zero-order chi connectivity index (χ0) is 17.7. The molecule has 1 aromatic carbocycles. The molecule has 0 aromatic heterocycles. The molecule has 136 valence electrons. The average molecular weight is 345 g/mol. The van der Waals surface area contributed by atoms with E-state index in [4.69, 9.17) is 4.74 Å². The highest BCUT2D eigenvalue weighted by molar-refractivity contribution is 5.85. The standard InChI is InChI=1S/C20H27NO4/c22-18(14-20(19(23)24)10-5-11-20)21-12-9-17(15-21)25-13-4-8-16-6-2-1-3-7-16/h1-3,6-7,17H,4-5,8-15H2,(H,23,24). The van der Waals surface area contributed by atoms with Crippen molar-refractivity contribution in [2.45, 2.75) is 51.0 Å². The van der Waals surface area contributed by atoms with Gasteiger partial charge in [0.1, 0.15) is 0 Å². The highest BCUT2D eigenvalue weighted by atomic mass is 16.5. The first-order valence-electron chi connectivity index (χ1n) is 9.26.